The third kappa shape index (κ3) is 3.67. The van der Waals surface area contributed by atoms with Gasteiger partial charge in [0.05, 0.1) is 13.0 Å². The second-order valence-corrected chi connectivity index (χ2v) is 7.19. The van der Waals surface area contributed by atoms with Crippen LogP contribution >= 0.6 is 23.2 Å². The normalized spacial score (nSPS) is 13.9. The molecule has 150 valence electrons. The van der Waals surface area contributed by atoms with Crippen LogP contribution in [-0.2, 0) is 31.0 Å². The molecule has 0 saturated heterocycles. The van der Waals surface area contributed by atoms with E-state index in [2.05, 4.69) is 15.0 Å². The van der Waals surface area contributed by atoms with Crippen molar-refractivity contribution < 1.29 is 18.0 Å². The number of aryl methyl sites for hydroxylation is 1. The fourth-order valence-electron chi connectivity index (χ4n) is 3.14. The maximum atomic E-state index is 12.9. The predicted octanol–water partition coefficient (Wildman–Crippen LogP) is 4.29. The van der Waals surface area contributed by atoms with Gasteiger partial charge in [0.2, 0.25) is 11.2 Å². The fraction of sp³-hybridized carbons (Fsp3) is 0.222. The highest BCUT2D eigenvalue weighted by Crippen LogP contribution is 2.34. The molecule has 0 atom stereocenters. The van der Waals surface area contributed by atoms with E-state index < -0.39 is 11.9 Å². The van der Waals surface area contributed by atoms with Crippen molar-refractivity contribution in [1.82, 2.24) is 19.5 Å². The Morgan fingerprint density at radius 3 is 2.41 bits per heavy atom. The van der Waals surface area contributed by atoms with Crippen molar-refractivity contribution in [3.8, 4) is 11.4 Å². The number of benzene rings is 1. The van der Waals surface area contributed by atoms with E-state index in [0.29, 0.717) is 16.9 Å². The van der Waals surface area contributed by atoms with Gasteiger partial charge in [-0.2, -0.15) is 18.2 Å². The summed E-state index contributed by atoms with van der Waals surface area (Å²) in [7, 11) is 1.50. The Bertz CT molecular complexity index is 1110. The topological polar surface area (TPSA) is 63.9 Å². The minimum absolute atomic E-state index is 0.0564. The Hall–Kier alpha value is -2.65. The van der Waals surface area contributed by atoms with E-state index in [4.69, 9.17) is 23.2 Å². The lowest BCUT2D eigenvalue weighted by atomic mass is 10.1. The number of hydrogen-bond acceptors (Lipinski definition) is 4. The molecule has 6 nitrogen and oxygen atoms in total. The van der Waals surface area contributed by atoms with Gasteiger partial charge in [0.1, 0.15) is 16.8 Å². The summed E-state index contributed by atoms with van der Waals surface area (Å²) in [5, 5.41) is 0.0838. The summed E-state index contributed by atoms with van der Waals surface area (Å²) in [6.07, 6.45) is -3.49. The molecule has 0 N–H and O–H groups in total. The predicted molar refractivity (Wildman–Crippen MR) is 101 cm³/mol. The number of rotatable bonds is 3. The molecule has 0 fully saturated rings. The number of amides is 1. The van der Waals surface area contributed by atoms with Crippen LogP contribution in [0.4, 0.5) is 19.0 Å². The molecular weight excluding hydrogens is 430 g/mol. The molecule has 0 radical (unpaired) electrons. The molecule has 1 amide bonds. The van der Waals surface area contributed by atoms with Gasteiger partial charge in [-0.1, -0.05) is 35.9 Å². The van der Waals surface area contributed by atoms with Gasteiger partial charge in [0, 0.05) is 24.4 Å². The van der Waals surface area contributed by atoms with Crippen molar-refractivity contribution in [3.05, 3.63) is 57.7 Å². The van der Waals surface area contributed by atoms with Crippen molar-refractivity contribution in [2.75, 3.05) is 4.90 Å². The van der Waals surface area contributed by atoms with E-state index in [1.807, 2.05) is 0 Å². The summed E-state index contributed by atoms with van der Waals surface area (Å²) in [5.74, 6) is 0.363. The van der Waals surface area contributed by atoms with Gasteiger partial charge in [-0.15, -0.1) is 0 Å². The van der Waals surface area contributed by atoms with Crippen LogP contribution in [0.25, 0.3) is 11.4 Å². The number of carbonyl (C=O) groups excluding carboxylic acids is 1. The molecule has 0 unspecified atom stereocenters. The van der Waals surface area contributed by atoms with Gasteiger partial charge in [-0.3, -0.25) is 9.69 Å². The summed E-state index contributed by atoms with van der Waals surface area (Å²) in [5.41, 5.74) is 0.844. The van der Waals surface area contributed by atoms with E-state index in [0.717, 1.165) is 11.8 Å². The van der Waals surface area contributed by atoms with E-state index in [-0.39, 0.29) is 35.1 Å². The lowest BCUT2D eigenvalue weighted by molar-refractivity contribution is -0.140. The maximum absolute atomic E-state index is 12.9. The molecule has 4 rings (SSSR count). The zero-order chi connectivity index (χ0) is 20.9. The number of alkyl halides is 3. The first-order valence-corrected chi connectivity index (χ1v) is 9.11. The van der Waals surface area contributed by atoms with E-state index in [1.165, 1.54) is 16.5 Å². The first-order valence-electron chi connectivity index (χ1n) is 8.35. The van der Waals surface area contributed by atoms with Crippen LogP contribution in [0.15, 0.2) is 30.5 Å². The summed E-state index contributed by atoms with van der Waals surface area (Å²) in [6.45, 7) is 0.212. The lowest BCUT2D eigenvalue weighted by Crippen LogP contribution is -2.26. The van der Waals surface area contributed by atoms with Gasteiger partial charge < -0.3 is 4.57 Å². The monoisotopic (exact) mass is 441 g/mol. The van der Waals surface area contributed by atoms with E-state index in [9.17, 15) is 18.0 Å². The molecule has 2 aromatic heterocycles. The maximum Gasteiger partial charge on any atom is 0.434 e. The van der Waals surface area contributed by atoms with Crippen LogP contribution in [0.3, 0.4) is 0 Å². The number of imidazole rings is 1. The third-order valence-electron chi connectivity index (χ3n) is 4.51. The molecule has 0 saturated carbocycles. The molecule has 1 aliphatic rings. The molecule has 0 spiro atoms. The van der Waals surface area contributed by atoms with Gasteiger partial charge >= 0.3 is 6.18 Å². The molecule has 11 heteroatoms. The fourth-order valence-corrected chi connectivity index (χ4v) is 3.58. The number of aromatic nitrogens is 4. The van der Waals surface area contributed by atoms with Gasteiger partial charge in [-0.05, 0) is 17.2 Å². The van der Waals surface area contributed by atoms with Crippen LogP contribution < -0.4 is 4.90 Å². The van der Waals surface area contributed by atoms with Gasteiger partial charge in [0.25, 0.3) is 0 Å². The number of nitrogens with zero attached hydrogens (tertiary/aromatic N) is 5. The molecule has 1 aliphatic heterocycles. The van der Waals surface area contributed by atoms with Crippen molar-refractivity contribution >= 4 is 34.9 Å². The number of halogens is 5. The lowest BCUT2D eigenvalue weighted by Gasteiger charge is -2.17. The third-order valence-corrected chi connectivity index (χ3v) is 4.99. The van der Waals surface area contributed by atoms with Crippen LogP contribution in [0, 0.1) is 0 Å². The largest absolute Gasteiger partial charge is 0.434 e. The second-order valence-electron chi connectivity index (χ2n) is 6.50. The number of fused-ring (bicyclic) bond motifs is 1. The van der Waals surface area contributed by atoms with Crippen molar-refractivity contribution in [3.63, 3.8) is 0 Å². The van der Waals surface area contributed by atoms with Crippen molar-refractivity contribution in [1.29, 1.82) is 0 Å². The smallest absolute Gasteiger partial charge is 0.333 e. The van der Waals surface area contributed by atoms with Crippen LogP contribution in [0.2, 0.25) is 10.4 Å². The zero-order valence-corrected chi connectivity index (χ0v) is 16.3. The van der Waals surface area contributed by atoms with Crippen LogP contribution in [-0.4, -0.2) is 25.4 Å². The van der Waals surface area contributed by atoms with Gasteiger partial charge in [-0.25, -0.2) is 9.97 Å². The standard InChI is InChI=1S/C18H12Cl2F3N5O/c1-27-8-12(18(21,22)23)24-15(27)10-4-2-9(3-5-10)7-28-13(29)6-11-14(19)25-17(20)26-16(11)28/h2-5,8H,6-7H2,1H3. The highest BCUT2D eigenvalue weighted by Gasteiger charge is 2.35. The zero-order valence-electron chi connectivity index (χ0n) is 14.8. The van der Waals surface area contributed by atoms with Crippen molar-refractivity contribution in [2.45, 2.75) is 19.1 Å². The summed E-state index contributed by atoms with van der Waals surface area (Å²) >= 11 is 11.9. The Balaban J connectivity index is 1.59. The molecular formula is C18H12Cl2F3N5O. The molecule has 1 aromatic carbocycles. The Labute approximate surface area is 172 Å². The van der Waals surface area contributed by atoms with Crippen molar-refractivity contribution in [2.24, 2.45) is 7.05 Å². The average molecular weight is 442 g/mol. The summed E-state index contributed by atoms with van der Waals surface area (Å²) in [4.78, 5) is 25.4. The van der Waals surface area contributed by atoms with Gasteiger partial charge in [0.15, 0.2) is 5.69 Å². The highest BCUT2D eigenvalue weighted by molar-refractivity contribution is 6.33. The first-order chi connectivity index (χ1) is 13.6. The second kappa shape index (κ2) is 7.00. The first kappa shape index (κ1) is 19.7. The number of hydrogen-bond donors (Lipinski definition) is 0. The Kier molecular flexibility index (Phi) is 4.74. The highest BCUT2D eigenvalue weighted by atomic mass is 35.5. The number of anilines is 1. The minimum Gasteiger partial charge on any atom is -0.333 e. The number of carbonyl (C=O) groups is 1. The minimum atomic E-state index is -4.51. The molecule has 0 aliphatic carbocycles. The molecule has 3 heterocycles. The molecule has 3 aromatic rings. The molecule has 29 heavy (non-hydrogen) atoms. The SMILES string of the molecule is Cn1cc(C(F)(F)F)nc1-c1ccc(CN2C(=O)Cc3c(Cl)nc(Cl)nc32)cc1. The van der Waals surface area contributed by atoms with E-state index >= 15 is 0 Å². The van der Waals surface area contributed by atoms with Crippen LogP contribution in [0.1, 0.15) is 16.8 Å². The van der Waals surface area contributed by atoms with E-state index in [1.54, 1.807) is 24.3 Å². The Morgan fingerprint density at radius 1 is 1.10 bits per heavy atom. The van der Waals surface area contributed by atoms with Crippen LogP contribution in [0.5, 0.6) is 0 Å². The quantitative estimate of drug-likeness (QED) is 0.449. The summed E-state index contributed by atoms with van der Waals surface area (Å²) < 4.78 is 39.9. The Morgan fingerprint density at radius 2 is 1.79 bits per heavy atom. The average Bonchev–Trinajstić information content (AvgIpc) is 3.17. The molecule has 0 bridgehead atoms. The summed E-state index contributed by atoms with van der Waals surface area (Å²) in [6, 6.07) is 6.73.